The van der Waals surface area contributed by atoms with Crippen molar-refractivity contribution in [2.45, 2.75) is 6.92 Å². The van der Waals surface area contributed by atoms with Crippen molar-refractivity contribution in [3.05, 3.63) is 53.3 Å². The Bertz CT molecular complexity index is 809. The summed E-state index contributed by atoms with van der Waals surface area (Å²) in [6.07, 6.45) is 0. The van der Waals surface area contributed by atoms with Gasteiger partial charge in [0.1, 0.15) is 5.75 Å². The Morgan fingerprint density at radius 3 is 2.29 bits per heavy atom. The van der Waals surface area contributed by atoms with Crippen molar-refractivity contribution < 1.29 is 27.5 Å². The largest absolute Gasteiger partial charge is 0.495 e. The molecule has 0 heterocycles. The minimum absolute atomic E-state index is 0.0590. The molecule has 0 atom stereocenters. The van der Waals surface area contributed by atoms with Crippen LogP contribution in [0.3, 0.4) is 0 Å². The zero-order valence-corrected chi connectivity index (χ0v) is 12.7. The number of benzene rings is 2. The topological polar surface area (TPSA) is 67.4 Å². The van der Waals surface area contributed by atoms with Crippen LogP contribution in [0.2, 0.25) is 0 Å². The van der Waals surface area contributed by atoms with Gasteiger partial charge in [0, 0.05) is 12.5 Å². The van der Waals surface area contributed by atoms with E-state index in [4.69, 9.17) is 4.74 Å². The number of nitrogens with one attached hydrogen (secondary N) is 2. The van der Waals surface area contributed by atoms with E-state index in [2.05, 4.69) is 10.6 Å². The van der Waals surface area contributed by atoms with Crippen molar-refractivity contribution in [3.63, 3.8) is 0 Å². The maximum absolute atomic E-state index is 13.6. The summed E-state index contributed by atoms with van der Waals surface area (Å²) < 4.78 is 44.7. The molecule has 0 saturated heterocycles. The average Bonchev–Trinajstić information content (AvgIpc) is 2.54. The number of carbonyl (C=O) groups is 2. The SMILES string of the molecule is COc1ccc(C(=O)Nc2ccc(F)c(F)c2F)cc1NC(C)=O. The molecule has 24 heavy (non-hydrogen) atoms. The average molecular weight is 338 g/mol. The van der Waals surface area contributed by atoms with Crippen LogP contribution in [0.25, 0.3) is 0 Å². The molecular weight excluding hydrogens is 325 g/mol. The molecule has 0 fully saturated rings. The summed E-state index contributed by atoms with van der Waals surface area (Å²) >= 11 is 0. The summed E-state index contributed by atoms with van der Waals surface area (Å²) in [5, 5.41) is 4.62. The third kappa shape index (κ3) is 3.65. The van der Waals surface area contributed by atoms with Gasteiger partial charge in [-0.25, -0.2) is 13.2 Å². The number of hydrogen-bond donors (Lipinski definition) is 2. The fourth-order valence-electron chi connectivity index (χ4n) is 1.95. The van der Waals surface area contributed by atoms with E-state index in [1.807, 2.05) is 0 Å². The van der Waals surface area contributed by atoms with Crippen LogP contribution in [-0.4, -0.2) is 18.9 Å². The molecule has 0 saturated carbocycles. The molecule has 126 valence electrons. The number of anilines is 2. The highest BCUT2D eigenvalue weighted by Crippen LogP contribution is 2.26. The molecule has 0 aliphatic carbocycles. The van der Waals surface area contributed by atoms with Crippen molar-refractivity contribution in [3.8, 4) is 5.75 Å². The minimum atomic E-state index is -1.68. The predicted octanol–water partition coefficient (Wildman–Crippen LogP) is 3.32. The first-order chi connectivity index (χ1) is 11.3. The van der Waals surface area contributed by atoms with Crippen LogP contribution in [0.4, 0.5) is 24.5 Å². The van der Waals surface area contributed by atoms with Crippen molar-refractivity contribution in [1.82, 2.24) is 0 Å². The second-order valence-corrected chi connectivity index (χ2v) is 4.77. The Balaban J connectivity index is 2.30. The molecular formula is C16H13F3N2O3. The second kappa shape index (κ2) is 7.03. The van der Waals surface area contributed by atoms with Crippen molar-refractivity contribution in [1.29, 1.82) is 0 Å². The number of ether oxygens (including phenoxy) is 1. The molecule has 2 amide bonds. The molecule has 0 aromatic heterocycles. The van der Waals surface area contributed by atoms with Gasteiger partial charge in [0.15, 0.2) is 17.5 Å². The Hall–Kier alpha value is -3.03. The first-order valence-electron chi connectivity index (χ1n) is 6.74. The molecule has 0 aliphatic heterocycles. The molecule has 8 heteroatoms. The third-order valence-corrected chi connectivity index (χ3v) is 3.06. The van der Waals surface area contributed by atoms with E-state index < -0.39 is 29.0 Å². The quantitative estimate of drug-likeness (QED) is 0.841. The molecule has 2 aromatic carbocycles. The molecule has 2 rings (SSSR count). The zero-order valence-electron chi connectivity index (χ0n) is 12.7. The molecule has 2 N–H and O–H groups in total. The monoisotopic (exact) mass is 338 g/mol. The summed E-state index contributed by atoms with van der Waals surface area (Å²) in [4.78, 5) is 23.3. The standard InChI is InChI=1S/C16H13F3N2O3/c1-8(22)20-12-7-9(3-6-13(12)24-2)16(23)21-11-5-4-10(17)14(18)15(11)19/h3-7H,1-2H3,(H,20,22)(H,21,23). The molecule has 5 nitrogen and oxygen atoms in total. The summed E-state index contributed by atoms with van der Waals surface area (Å²) in [5.74, 6) is -5.37. The summed E-state index contributed by atoms with van der Waals surface area (Å²) in [7, 11) is 1.39. The summed E-state index contributed by atoms with van der Waals surface area (Å²) in [5.41, 5.74) is -0.206. The smallest absolute Gasteiger partial charge is 0.255 e. The highest BCUT2D eigenvalue weighted by atomic mass is 19.2. The van der Waals surface area contributed by atoms with Crippen molar-refractivity contribution in [2.24, 2.45) is 0 Å². The van der Waals surface area contributed by atoms with Crippen LogP contribution in [0.5, 0.6) is 5.75 Å². The maximum atomic E-state index is 13.6. The molecule has 0 unspecified atom stereocenters. The predicted molar refractivity (Wildman–Crippen MR) is 81.6 cm³/mol. The lowest BCUT2D eigenvalue weighted by Gasteiger charge is -2.12. The number of rotatable bonds is 4. The lowest BCUT2D eigenvalue weighted by molar-refractivity contribution is -0.114. The maximum Gasteiger partial charge on any atom is 0.255 e. The van der Waals surface area contributed by atoms with Crippen LogP contribution >= 0.6 is 0 Å². The van der Waals surface area contributed by atoms with E-state index in [-0.39, 0.29) is 17.2 Å². The summed E-state index contributed by atoms with van der Waals surface area (Å²) in [6, 6.07) is 5.72. The van der Waals surface area contributed by atoms with Crippen LogP contribution < -0.4 is 15.4 Å². The first-order valence-corrected chi connectivity index (χ1v) is 6.74. The van der Waals surface area contributed by atoms with Crippen LogP contribution in [0.15, 0.2) is 30.3 Å². The van der Waals surface area contributed by atoms with Gasteiger partial charge in [-0.05, 0) is 30.3 Å². The van der Waals surface area contributed by atoms with Gasteiger partial charge < -0.3 is 15.4 Å². The minimum Gasteiger partial charge on any atom is -0.495 e. The number of methoxy groups -OCH3 is 1. The van der Waals surface area contributed by atoms with Gasteiger partial charge in [-0.3, -0.25) is 9.59 Å². The highest BCUT2D eigenvalue weighted by molar-refractivity contribution is 6.05. The van der Waals surface area contributed by atoms with Gasteiger partial charge in [-0.15, -0.1) is 0 Å². The lowest BCUT2D eigenvalue weighted by atomic mass is 10.1. The van der Waals surface area contributed by atoms with Crippen LogP contribution in [0.1, 0.15) is 17.3 Å². The molecule has 0 bridgehead atoms. The number of halogens is 3. The van der Waals surface area contributed by atoms with E-state index >= 15 is 0 Å². The van der Waals surface area contributed by atoms with E-state index in [0.29, 0.717) is 11.8 Å². The Morgan fingerprint density at radius 2 is 1.67 bits per heavy atom. The molecule has 0 aliphatic rings. The van der Waals surface area contributed by atoms with Gasteiger partial charge >= 0.3 is 0 Å². The van der Waals surface area contributed by atoms with Crippen LogP contribution in [-0.2, 0) is 4.79 Å². The second-order valence-electron chi connectivity index (χ2n) is 4.77. The van der Waals surface area contributed by atoms with E-state index in [1.54, 1.807) is 0 Å². The Morgan fingerprint density at radius 1 is 0.958 bits per heavy atom. The first kappa shape index (κ1) is 17.3. The van der Waals surface area contributed by atoms with Crippen molar-refractivity contribution in [2.75, 3.05) is 17.7 Å². The van der Waals surface area contributed by atoms with Gasteiger partial charge in [0.25, 0.3) is 5.91 Å². The Labute approximate surface area is 135 Å². The number of carbonyl (C=O) groups excluding carboxylic acids is 2. The lowest BCUT2D eigenvalue weighted by Crippen LogP contribution is -2.15. The molecule has 2 aromatic rings. The van der Waals surface area contributed by atoms with Crippen LogP contribution in [0, 0.1) is 17.5 Å². The molecule has 0 spiro atoms. The fraction of sp³-hybridized carbons (Fsp3) is 0.125. The van der Waals surface area contributed by atoms with E-state index in [9.17, 15) is 22.8 Å². The normalized spacial score (nSPS) is 10.2. The van der Waals surface area contributed by atoms with Gasteiger partial charge in [-0.2, -0.15) is 0 Å². The van der Waals surface area contributed by atoms with Crippen molar-refractivity contribution >= 4 is 23.2 Å². The fourth-order valence-corrected chi connectivity index (χ4v) is 1.95. The van der Waals surface area contributed by atoms with Gasteiger partial charge in [0.05, 0.1) is 18.5 Å². The van der Waals surface area contributed by atoms with Gasteiger partial charge in [-0.1, -0.05) is 0 Å². The van der Waals surface area contributed by atoms with Gasteiger partial charge in [0.2, 0.25) is 5.91 Å². The molecule has 0 radical (unpaired) electrons. The Kier molecular flexibility index (Phi) is 5.08. The van der Waals surface area contributed by atoms with E-state index in [0.717, 1.165) is 6.07 Å². The van der Waals surface area contributed by atoms with E-state index in [1.165, 1.54) is 32.2 Å². The number of amides is 2. The summed E-state index contributed by atoms with van der Waals surface area (Å²) in [6.45, 7) is 1.28. The zero-order chi connectivity index (χ0) is 17.9. The highest BCUT2D eigenvalue weighted by Gasteiger charge is 2.17. The third-order valence-electron chi connectivity index (χ3n) is 3.06. The number of hydrogen-bond acceptors (Lipinski definition) is 3.